The Kier molecular flexibility index (Phi) is 6.73. The second-order valence-corrected chi connectivity index (χ2v) is 9.07. The Bertz CT molecular complexity index is 727. The van der Waals surface area contributed by atoms with Gasteiger partial charge < -0.3 is 14.4 Å². The van der Waals surface area contributed by atoms with Crippen molar-refractivity contribution in [2.45, 2.75) is 49.6 Å². The number of benzene rings is 1. The predicted octanol–water partition coefficient (Wildman–Crippen LogP) is 2.49. The average molecular weight is 401 g/mol. The fourth-order valence-electron chi connectivity index (χ4n) is 3.99. The normalized spacial score (nSPS) is 21.4. The van der Waals surface area contributed by atoms with Gasteiger partial charge in [0.25, 0.3) is 0 Å². The summed E-state index contributed by atoms with van der Waals surface area (Å²) in [6, 6.07) is 4.28. The van der Waals surface area contributed by atoms with Crippen molar-refractivity contribution in [1.82, 2.24) is 9.21 Å². The molecule has 0 N–H and O–H groups in total. The van der Waals surface area contributed by atoms with Crippen LogP contribution >= 0.6 is 0 Å². The number of hydrogen-bond acceptors (Lipinski definition) is 5. The topological polar surface area (TPSA) is 59.1 Å². The number of ether oxygens (including phenoxy) is 2. The Balaban J connectivity index is 1.60. The van der Waals surface area contributed by atoms with Crippen LogP contribution in [0.2, 0.25) is 0 Å². The minimum atomic E-state index is -3.68. The van der Waals surface area contributed by atoms with Crippen molar-refractivity contribution >= 4 is 10.0 Å². The molecular formula is C19H29FN2O4S. The standard InChI is InChI=1S/C19H29FN2O4S/c1-3-26-19-5-4-17(14-18(19)20)27(23,24)22-12-6-15(7-13-22)21-10-8-16(25-2)9-11-21/h4-5,14-16H,3,6-13H2,1-2H3. The smallest absolute Gasteiger partial charge is 0.243 e. The highest BCUT2D eigenvalue weighted by molar-refractivity contribution is 7.89. The van der Waals surface area contributed by atoms with Crippen molar-refractivity contribution in [3.05, 3.63) is 24.0 Å². The van der Waals surface area contributed by atoms with Gasteiger partial charge in [-0.05, 0) is 50.8 Å². The van der Waals surface area contributed by atoms with E-state index in [-0.39, 0.29) is 10.6 Å². The van der Waals surface area contributed by atoms with Gasteiger partial charge in [0.05, 0.1) is 17.6 Å². The number of likely N-dealkylation sites (tertiary alicyclic amines) is 1. The van der Waals surface area contributed by atoms with E-state index in [1.54, 1.807) is 14.0 Å². The summed E-state index contributed by atoms with van der Waals surface area (Å²) >= 11 is 0. The number of rotatable bonds is 6. The number of hydrogen-bond donors (Lipinski definition) is 0. The molecule has 0 atom stereocenters. The number of nitrogens with zero attached hydrogens (tertiary/aromatic N) is 2. The zero-order chi connectivity index (χ0) is 19.4. The highest BCUT2D eigenvalue weighted by Crippen LogP contribution is 2.27. The third kappa shape index (κ3) is 4.62. The van der Waals surface area contributed by atoms with Gasteiger partial charge >= 0.3 is 0 Å². The van der Waals surface area contributed by atoms with Gasteiger partial charge in [-0.1, -0.05) is 0 Å². The summed E-state index contributed by atoms with van der Waals surface area (Å²) in [5.74, 6) is -0.566. The predicted molar refractivity (Wildman–Crippen MR) is 101 cm³/mol. The third-order valence-corrected chi connectivity index (χ3v) is 7.49. The molecule has 27 heavy (non-hydrogen) atoms. The lowest BCUT2D eigenvalue weighted by Gasteiger charge is -2.41. The van der Waals surface area contributed by atoms with E-state index in [2.05, 4.69) is 4.90 Å². The molecule has 0 radical (unpaired) electrons. The fourth-order valence-corrected chi connectivity index (χ4v) is 5.47. The zero-order valence-electron chi connectivity index (χ0n) is 16.1. The Labute approximate surface area is 161 Å². The van der Waals surface area contributed by atoms with Crippen LogP contribution in [0, 0.1) is 5.82 Å². The number of piperidine rings is 2. The van der Waals surface area contributed by atoms with Crippen molar-refractivity contribution in [2.24, 2.45) is 0 Å². The van der Waals surface area contributed by atoms with E-state index in [9.17, 15) is 12.8 Å². The molecule has 1 aromatic rings. The average Bonchev–Trinajstić information content (AvgIpc) is 2.70. The molecule has 0 aromatic heterocycles. The molecule has 152 valence electrons. The van der Waals surface area contributed by atoms with Crippen molar-refractivity contribution in [3.63, 3.8) is 0 Å². The fraction of sp³-hybridized carbons (Fsp3) is 0.684. The van der Waals surface area contributed by atoms with Crippen LogP contribution in [0.15, 0.2) is 23.1 Å². The van der Waals surface area contributed by atoms with Gasteiger partial charge in [-0.25, -0.2) is 12.8 Å². The molecule has 0 aliphatic carbocycles. The van der Waals surface area contributed by atoms with Crippen LogP contribution in [0.1, 0.15) is 32.6 Å². The highest BCUT2D eigenvalue weighted by Gasteiger charge is 2.33. The minimum absolute atomic E-state index is 0.0113. The molecule has 8 heteroatoms. The maximum atomic E-state index is 14.1. The Hall–Kier alpha value is -1.22. The molecule has 0 bridgehead atoms. The summed E-state index contributed by atoms with van der Waals surface area (Å²) < 4.78 is 51.8. The lowest BCUT2D eigenvalue weighted by molar-refractivity contribution is 0.0190. The van der Waals surface area contributed by atoms with Crippen LogP contribution in [-0.2, 0) is 14.8 Å². The van der Waals surface area contributed by atoms with Gasteiger partial charge in [0.15, 0.2) is 11.6 Å². The van der Waals surface area contributed by atoms with Gasteiger partial charge in [-0.2, -0.15) is 4.31 Å². The lowest BCUT2D eigenvalue weighted by Crippen LogP contribution is -2.49. The van der Waals surface area contributed by atoms with E-state index in [0.29, 0.717) is 31.8 Å². The molecule has 0 spiro atoms. The van der Waals surface area contributed by atoms with Crippen LogP contribution in [0.5, 0.6) is 5.75 Å². The lowest BCUT2D eigenvalue weighted by atomic mass is 10.00. The molecule has 0 saturated carbocycles. The zero-order valence-corrected chi connectivity index (χ0v) is 16.9. The van der Waals surface area contributed by atoms with E-state index >= 15 is 0 Å². The molecule has 2 heterocycles. The SMILES string of the molecule is CCOc1ccc(S(=O)(=O)N2CCC(N3CCC(OC)CC3)CC2)cc1F. The maximum absolute atomic E-state index is 14.1. The summed E-state index contributed by atoms with van der Waals surface area (Å²) in [4.78, 5) is 2.44. The minimum Gasteiger partial charge on any atom is -0.491 e. The molecule has 0 unspecified atom stereocenters. The summed E-state index contributed by atoms with van der Waals surface area (Å²) in [5.41, 5.74) is 0. The molecule has 2 aliphatic heterocycles. The second-order valence-electron chi connectivity index (χ2n) is 7.13. The van der Waals surface area contributed by atoms with E-state index in [0.717, 1.165) is 44.8 Å². The summed E-state index contributed by atoms with van der Waals surface area (Å²) in [6.45, 7) is 5.02. The Morgan fingerprint density at radius 1 is 1.11 bits per heavy atom. The van der Waals surface area contributed by atoms with Gasteiger partial charge in [-0.15, -0.1) is 0 Å². The first kappa shape index (κ1) is 20.5. The molecule has 1 aromatic carbocycles. The molecule has 2 aliphatic rings. The first-order chi connectivity index (χ1) is 13.0. The van der Waals surface area contributed by atoms with Crippen molar-refractivity contribution < 1.29 is 22.3 Å². The largest absolute Gasteiger partial charge is 0.491 e. The number of halogens is 1. The van der Waals surface area contributed by atoms with E-state index in [1.165, 1.54) is 16.4 Å². The first-order valence-corrected chi connectivity index (χ1v) is 11.1. The molecule has 6 nitrogen and oxygen atoms in total. The maximum Gasteiger partial charge on any atom is 0.243 e. The van der Waals surface area contributed by atoms with E-state index < -0.39 is 15.8 Å². The van der Waals surface area contributed by atoms with Crippen LogP contribution in [0.4, 0.5) is 4.39 Å². The van der Waals surface area contributed by atoms with Gasteiger partial charge in [0, 0.05) is 39.3 Å². The van der Waals surface area contributed by atoms with Crippen molar-refractivity contribution in [3.8, 4) is 5.75 Å². The van der Waals surface area contributed by atoms with Crippen molar-refractivity contribution in [2.75, 3.05) is 39.9 Å². The quantitative estimate of drug-likeness (QED) is 0.734. The molecular weight excluding hydrogens is 371 g/mol. The number of methoxy groups -OCH3 is 1. The van der Waals surface area contributed by atoms with Gasteiger partial charge in [0.2, 0.25) is 10.0 Å². The highest BCUT2D eigenvalue weighted by atomic mass is 32.2. The van der Waals surface area contributed by atoms with Gasteiger partial charge in [0.1, 0.15) is 0 Å². The first-order valence-electron chi connectivity index (χ1n) is 9.65. The molecule has 2 saturated heterocycles. The summed E-state index contributed by atoms with van der Waals surface area (Å²) in [6.07, 6.45) is 4.00. The van der Waals surface area contributed by atoms with Crippen LogP contribution < -0.4 is 4.74 Å². The summed E-state index contributed by atoms with van der Waals surface area (Å²) in [5, 5.41) is 0. The Morgan fingerprint density at radius 3 is 2.33 bits per heavy atom. The monoisotopic (exact) mass is 400 g/mol. The molecule has 2 fully saturated rings. The van der Waals surface area contributed by atoms with Crippen LogP contribution in [0.25, 0.3) is 0 Å². The molecule has 3 rings (SSSR count). The van der Waals surface area contributed by atoms with Crippen molar-refractivity contribution in [1.29, 1.82) is 0 Å². The van der Waals surface area contributed by atoms with E-state index in [1.807, 2.05) is 0 Å². The molecule has 0 amide bonds. The van der Waals surface area contributed by atoms with E-state index in [4.69, 9.17) is 9.47 Å². The van der Waals surface area contributed by atoms with Crippen LogP contribution in [0.3, 0.4) is 0 Å². The third-order valence-electron chi connectivity index (χ3n) is 5.59. The van der Waals surface area contributed by atoms with Crippen LogP contribution in [-0.4, -0.2) is 69.7 Å². The number of sulfonamides is 1. The second kappa shape index (κ2) is 8.86. The Morgan fingerprint density at radius 2 is 1.78 bits per heavy atom. The van der Waals surface area contributed by atoms with Gasteiger partial charge in [-0.3, -0.25) is 0 Å². The summed E-state index contributed by atoms with van der Waals surface area (Å²) in [7, 11) is -1.93.